The quantitative estimate of drug-likeness (QED) is 0.358. The van der Waals surface area contributed by atoms with E-state index in [1.54, 1.807) is 7.11 Å². The van der Waals surface area contributed by atoms with Crippen molar-refractivity contribution in [1.82, 2.24) is 30.3 Å². The van der Waals surface area contributed by atoms with Gasteiger partial charge in [0.2, 0.25) is 0 Å². The molecule has 1 fully saturated rings. The highest BCUT2D eigenvalue weighted by atomic mass is 16.5. The fourth-order valence-electron chi connectivity index (χ4n) is 3.08. The molecule has 0 amide bonds. The number of morpholine rings is 1. The second-order valence-electron chi connectivity index (χ2n) is 7.15. The molecule has 0 saturated carbocycles. The highest BCUT2D eigenvalue weighted by molar-refractivity contribution is 5.79. The van der Waals surface area contributed by atoms with E-state index < -0.39 is 0 Å². The number of hydrogen-bond donors (Lipinski definition) is 2. The number of hydrogen-bond acceptors (Lipinski definition) is 6. The van der Waals surface area contributed by atoms with Crippen molar-refractivity contribution in [2.75, 3.05) is 53.1 Å². The molecule has 2 heterocycles. The van der Waals surface area contributed by atoms with E-state index in [-0.39, 0.29) is 0 Å². The Morgan fingerprint density at radius 2 is 2.00 bits per heavy atom. The molecule has 0 spiro atoms. The van der Waals surface area contributed by atoms with Crippen LogP contribution in [0.1, 0.15) is 25.5 Å². The van der Waals surface area contributed by atoms with E-state index in [4.69, 9.17) is 9.47 Å². The van der Waals surface area contributed by atoms with Gasteiger partial charge in [0.1, 0.15) is 12.4 Å². The lowest BCUT2D eigenvalue weighted by molar-refractivity contribution is 0.00751. The zero-order valence-corrected chi connectivity index (χ0v) is 17.4. The van der Waals surface area contributed by atoms with Crippen LogP contribution in [-0.2, 0) is 23.1 Å². The van der Waals surface area contributed by atoms with Gasteiger partial charge in [-0.1, -0.05) is 13.8 Å². The fourth-order valence-corrected chi connectivity index (χ4v) is 3.08. The van der Waals surface area contributed by atoms with E-state index in [9.17, 15) is 0 Å². The third kappa shape index (κ3) is 6.75. The topological polar surface area (TPSA) is 88.8 Å². The molecule has 1 saturated heterocycles. The van der Waals surface area contributed by atoms with Crippen molar-refractivity contribution < 1.29 is 9.47 Å². The van der Waals surface area contributed by atoms with Gasteiger partial charge in [-0.3, -0.25) is 4.90 Å². The number of aryl methyl sites for hydroxylation is 1. The predicted octanol–water partition coefficient (Wildman–Crippen LogP) is 0.162. The molecule has 1 aliphatic heterocycles. The second-order valence-corrected chi connectivity index (χ2v) is 7.15. The number of guanidine groups is 1. The van der Waals surface area contributed by atoms with Gasteiger partial charge in [-0.05, 0) is 12.8 Å². The van der Waals surface area contributed by atoms with Crippen LogP contribution < -0.4 is 10.6 Å². The monoisotopic (exact) mass is 381 g/mol. The van der Waals surface area contributed by atoms with E-state index in [2.05, 4.69) is 44.6 Å². The SMILES string of the molecule is COCCNC(=NCc1nnc(C)n1C)NCC(C(C)C)N1CCOCC1. The van der Waals surface area contributed by atoms with E-state index in [1.807, 2.05) is 18.5 Å². The molecule has 0 aliphatic carbocycles. The lowest BCUT2D eigenvalue weighted by Crippen LogP contribution is -2.52. The third-order valence-electron chi connectivity index (χ3n) is 4.92. The van der Waals surface area contributed by atoms with Crippen LogP contribution in [0.15, 0.2) is 4.99 Å². The normalized spacial score (nSPS) is 17.3. The number of rotatable bonds is 9. The van der Waals surface area contributed by atoms with E-state index in [1.165, 1.54) is 0 Å². The van der Waals surface area contributed by atoms with Crippen molar-refractivity contribution in [2.24, 2.45) is 18.0 Å². The Bertz CT molecular complexity index is 582. The van der Waals surface area contributed by atoms with Crippen molar-refractivity contribution in [3.8, 4) is 0 Å². The summed E-state index contributed by atoms with van der Waals surface area (Å²) in [5.74, 6) is 3.03. The number of nitrogens with zero attached hydrogens (tertiary/aromatic N) is 5. The standard InChI is InChI=1S/C18H35N7O2/c1-14(2)16(25-7-10-27-11-8-25)12-20-18(19-6-9-26-5)21-13-17-23-22-15(3)24(17)4/h14,16H,6-13H2,1-5H3,(H2,19,20,21). The number of ether oxygens (including phenoxy) is 2. The molecule has 1 unspecified atom stereocenters. The summed E-state index contributed by atoms with van der Waals surface area (Å²) in [5.41, 5.74) is 0. The summed E-state index contributed by atoms with van der Waals surface area (Å²) < 4.78 is 12.6. The zero-order chi connectivity index (χ0) is 19.6. The lowest BCUT2D eigenvalue weighted by atomic mass is 10.0. The van der Waals surface area contributed by atoms with Crippen LogP contribution in [0.5, 0.6) is 0 Å². The molecule has 2 rings (SSSR count). The summed E-state index contributed by atoms with van der Waals surface area (Å²) in [7, 11) is 3.65. The molecule has 9 nitrogen and oxygen atoms in total. The van der Waals surface area contributed by atoms with Gasteiger partial charge < -0.3 is 24.7 Å². The van der Waals surface area contributed by atoms with Crippen molar-refractivity contribution in [3.63, 3.8) is 0 Å². The molecule has 0 radical (unpaired) electrons. The smallest absolute Gasteiger partial charge is 0.191 e. The van der Waals surface area contributed by atoms with Crippen LogP contribution in [-0.4, -0.2) is 84.8 Å². The van der Waals surface area contributed by atoms with Gasteiger partial charge in [0.15, 0.2) is 11.8 Å². The minimum Gasteiger partial charge on any atom is -0.383 e. The van der Waals surface area contributed by atoms with Crippen LogP contribution in [0.2, 0.25) is 0 Å². The highest BCUT2D eigenvalue weighted by Gasteiger charge is 2.23. The number of methoxy groups -OCH3 is 1. The molecule has 9 heteroatoms. The van der Waals surface area contributed by atoms with Gasteiger partial charge in [0, 0.05) is 46.4 Å². The van der Waals surface area contributed by atoms with Crippen LogP contribution in [0.4, 0.5) is 0 Å². The molecule has 2 N–H and O–H groups in total. The van der Waals surface area contributed by atoms with E-state index >= 15 is 0 Å². The van der Waals surface area contributed by atoms with Crippen molar-refractivity contribution in [2.45, 2.75) is 33.4 Å². The highest BCUT2D eigenvalue weighted by Crippen LogP contribution is 2.12. The maximum atomic E-state index is 5.49. The van der Waals surface area contributed by atoms with Gasteiger partial charge in [-0.15, -0.1) is 10.2 Å². The van der Waals surface area contributed by atoms with E-state index in [0.29, 0.717) is 31.7 Å². The van der Waals surface area contributed by atoms with Crippen molar-refractivity contribution in [1.29, 1.82) is 0 Å². The Balaban J connectivity index is 1.98. The summed E-state index contributed by atoms with van der Waals surface area (Å²) in [4.78, 5) is 7.19. The first-order valence-corrected chi connectivity index (χ1v) is 9.70. The van der Waals surface area contributed by atoms with Crippen LogP contribution in [0, 0.1) is 12.8 Å². The van der Waals surface area contributed by atoms with Crippen molar-refractivity contribution >= 4 is 5.96 Å². The predicted molar refractivity (Wildman–Crippen MR) is 106 cm³/mol. The summed E-state index contributed by atoms with van der Waals surface area (Å²) in [6.07, 6.45) is 0. The number of aromatic nitrogens is 3. The Morgan fingerprint density at radius 3 is 2.59 bits per heavy atom. The number of nitrogens with one attached hydrogen (secondary N) is 2. The maximum Gasteiger partial charge on any atom is 0.191 e. The maximum absolute atomic E-state index is 5.49. The first-order valence-electron chi connectivity index (χ1n) is 9.70. The zero-order valence-electron chi connectivity index (χ0n) is 17.4. The second kappa shape index (κ2) is 11.2. The van der Waals surface area contributed by atoms with Gasteiger partial charge in [-0.25, -0.2) is 4.99 Å². The summed E-state index contributed by atoms with van der Waals surface area (Å²) in [6.45, 7) is 12.7. The third-order valence-corrected chi connectivity index (χ3v) is 4.92. The van der Waals surface area contributed by atoms with Gasteiger partial charge >= 0.3 is 0 Å². The van der Waals surface area contributed by atoms with Crippen LogP contribution >= 0.6 is 0 Å². The molecular formula is C18H35N7O2. The lowest BCUT2D eigenvalue weighted by Gasteiger charge is -2.37. The Kier molecular flexibility index (Phi) is 8.96. The average molecular weight is 382 g/mol. The van der Waals surface area contributed by atoms with Gasteiger partial charge in [0.25, 0.3) is 0 Å². The summed E-state index contributed by atoms with van der Waals surface area (Å²) >= 11 is 0. The molecule has 0 aromatic carbocycles. The minimum atomic E-state index is 0.431. The first kappa shape index (κ1) is 21.6. The summed E-state index contributed by atoms with van der Waals surface area (Å²) in [6, 6.07) is 0.431. The van der Waals surface area contributed by atoms with Crippen LogP contribution in [0.3, 0.4) is 0 Å². The molecule has 1 aliphatic rings. The van der Waals surface area contributed by atoms with Crippen molar-refractivity contribution in [3.05, 3.63) is 11.6 Å². The van der Waals surface area contributed by atoms with Crippen LogP contribution in [0.25, 0.3) is 0 Å². The first-order chi connectivity index (χ1) is 13.0. The molecule has 1 aromatic heterocycles. The largest absolute Gasteiger partial charge is 0.383 e. The molecule has 27 heavy (non-hydrogen) atoms. The minimum absolute atomic E-state index is 0.431. The Hall–Kier alpha value is -1.71. The van der Waals surface area contributed by atoms with Gasteiger partial charge in [-0.2, -0.15) is 0 Å². The van der Waals surface area contributed by atoms with Gasteiger partial charge in [0.05, 0.1) is 19.8 Å². The summed E-state index contributed by atoms with van der Waals surface area (Å²) in [5, 5.41) is 15.1. The average Bonchev–Trinajstić information content (AvgIpc) is 2.98. The number of aliphatic imine (C=N–C) groups is 1. The van der Waals surface area contributed by atoms with E-state index in [0.717, 1.165) is 50.5 Å². The molecule has 0 bridgehead atoms. The molecule has 1 aromatic rings. The molecule has 1 atom stereocenters. The molecule has 154 valence electrons. The Morgan fingerprint density at radius 1 is 1.26 bits per heavy atom. The fraction of sp³-hybridized carbons (Fsp3) is 0.833. The Labute approximate surface area is 162 Å². The molecular weight excluding hydrogens is 346 g/mol.